The van der Waals surface area contributed by atoms with E-state index in [1.165, 1.54) is 25.0 Å². The number of rotatable bonds is 9. The molecule has 1 atom stereocenters. The molecule has 5 aromatic carbocycles. The Bertz CT molecular complexity index is 1870. The number of para-hydroxylation sites is 1. The Balaban J connectivity index is 1.36. The first kappa shape index (κ1) is 28.7. The zero-order valence-corrected chi connectivity index (χ0v) is 25.5. The highest BCUT2D eigenvalue weighted by Crippen LogP contribution is 2.57. The number of hydrogen-bond acceptors (Lipinski definition) is 5. The molecule has 2 aliphatic rings. The number of ether oxygens (including phenoxy) is 2. The number of nitrogens with zero attached hydrogens (tertiary/aromatic N) is 1. The lowest BCUT2D eigenvalue weighted by atomic mass is 9.77. The fourth-order valence-electron chi connectivity index (χ4n) is 6.51. The number of hydrogen-bond donors (Lipinski definition) is 1. The predicted octanol–water partition coefficient (Wildman–Crippen LogP) is 10.2. The van der Waals surface area contributed by atoms with Gasteiger partial charge in [-0.05, 0) is 85.6 Å². The number of unbranched alkanes of at least 4 members (excludes halogenated alkanes) is 3. The molecule has 0 radical (unpaired) electrons. The standard InChI is InChI=1S/C39H35FN2O3/c1-3-4-5-11-22-42(29-12-7-6-8-13-29)30-20-21-33-37(24-30)44-36-23-26(2)35(41-28-18-16-27(40)17-19-28)25-34(36)39(33)32-15-10-9-14-31(32)38(43)45-39/h6-10,12-21,23-25,41H,3-5,11,22H2,1-2H3. The molecule has 0 saturated heterocycles. The Kier molecular flexibility index (Phi) is 7.50. The van der Waals surface area contributed by atoms with Crippen LogP contribution in [0.3, 0.4) is 0 Å². The van der Waals surface area contributed by atoms with Gasteiger partial charge in [-0.1, -0.05) is 62.6 Å². The second-order valence-electron chi connectivity index (χ2n) is 11.7. The summed E-state index contributed by atoms with van der Waals surface area (Å²) in [4.78, 5) is 15.8. The summed E-state index contributed by atoms with van der Waals surface area (Å²) in [5, 5.41) is 3.42. The van der Waals surface area contributed by atoms with E-state index < -0.39 is 5.60 Å². The molecule has 0 aromatic heterocycles. The molecule has 0 saturated carbocycles. The third-order valence-corrected chi connectivity index (χ3v) is 8.78. The Morgan fingerprint density at radius 2 is 1.51 bits per heavy atom. The van der Waals surface area contributed by atoms with Crippen molar-refractivity contribution in [3.63, 3.8) is 0 Å². The predicted molar refractivity (Wildman–Crippen MR) is 177 cm³/mol. The Morgan fingerprint density at radius 1 is 0.756 bits per heavy atom. The van der Waals surface area contributed by atoms with Crippen LogP contribution < -0.4 is 15.0 Å². The number of esters is 1. The van der Waals surface area contributed by atoms with Crippen LogP contribution in [0.5, 0.6) is 11.5 Å². The summed E-state index contributed by atoms with van der Waals surface area (Å²) in [7, 11) is 0. The number of carbonyl (C=O) groups excluding carboxylic acids is 1. The van der Waals surface area contributed by atoms with E-state index in [0.29, 0.717) is 17.1 Å². The van der Waals surface area contributed by atoms with Gasteiger partial charge in [0.2, 0.25) is 0 Å². The summed E-state index contributed by atoms with van der Waals surface area (Å²) in [5.74, 6) is 0.606. The third-order valence-electron chi connectivity index (χ3n) is 8.78. The van der Waals surface area contributed by atoms with Crippen LogP contribution in [0.15, 0.2) is 109 Å². The van der Waals surface area contributed by atoms with E-state index >= 15 is 0 Å². The molecule has 2 heterocycles. The lowest BCUT2D eigenvalue weighted by molar-refractivity contribution is 0.0224. The molecule has 0 aliphatic carbocycles. The lowest BCUT2D eigenvalue weighted by Gasteiger charge is -2.38. The quantitative estimate of drug-likeness (QED) is 0.135. The number of anilines is 4. The van der Waals surface area contributed by atoms with Gasteiger partial charge in [-0.25, -0.2) is 9.18 Å². The number of aryl methyl sites for hydroxylation is 1. The summed E-state index contributed by atoms with van der Waals surface area (Å²) in [6.45, 7) is 5.09. The van der Waals surface area contributed by atoms with Crippen LogP contribution in [0.25, 0.3) is 0 Å². The van der Waals surface area contributed by atoms with Crippen molar-refractivity contribution in [2.24, 2.45) is 0 Å². The van der Waals surface area contributed by atoms with Crippen molar-refractivity contribution in [1.29, 1.82) is 0 Å². The van der Waals surface area contributed by atoms with Crippen LogP contribution in [-0.4, -0.2) is 12.5 Å². The minimum absolute atomic E-state index is 0.299. The van der Waals surface area contributed by atoms with E-state index in [0.717, 1.165) is 64.4 Å². The maximum Gasteiger partial charge on any atom is 0.340 e. The van der Waals surface area contributed by atoms with E-state index in [4.69, 9.17) is 9.47 Å². The van der Waals surface area contributed by atoms with Crippen LogP contribution in [0, 0.1) is 12.7 Å². The highest BCUT2D eigenvalue weighted by molar-refractivity contribution is 5.97. The number of fused-ring (bicyclic) bond motifs is 6. The Labute approximate surface area is 263 Å². The molecule has 5 aromatic rings. The van der Waals surface area contributed by atoms with Gasteiger partial charge >= 0.3 is 5.97 Å². The van der Waals surface area contributed by atoms with Gasteiger partial charge in [-0.15, -0.1) is 0 Å². The van der Waals surface area contributed by atoms with Gasteiger partial charge in [0.25, 0.3) is 0 Å². The van der Waals surface area contributed by atoms with E-state index in [2.05, 4.69) is 53.5 Å². The number of benzene rings is 5. The molecule has 0 bridgehead atoms. The van der Waals surface area contributed by atoms with Crippen LogP contribution in [0.4, 0.5) is 27.1 Å². The molecule has 0 fully saturated rings. The topological polar surface area (TPSA) is 50.8 Å². The van der Waals surface area contributed by atoms with Crippen molar-refractivity contribution in [2.75, 3.05) is 16.8 Å². The van der Waals surface area contributed by atoms with E-state index in [9.17, 15) is 9.18 Å². The molecule has 2 aliphatic heterocycles. The van der Waals surface area contributed by atoms with Gasteiger partial charge in [-0.2, -0.15) is 0 Å². The average molecular weight is 599 g/mol. The van der Waals surface area contributed by atoms with Crippen molar-refractivity contribution in [3.05, 3.63) is 143 Å². The van der Waals surface area contributed by atoms with Gasteiger partial charge < -0.3 is 19.7 Å². The van der Waals surface area contributed by atoms with Crippen molar-refractivity contribution >= 4 is 28.7 Å². The van der Waals surface area contributed by atoms with Crippen molar-refractivity contribution in [1.82, 2.24) is 0 Å². The molecular weight excluding hydrogens is 563 g/mol. The molecule has 7 rings (SSSR count). The van der Waals surface area contributed by atoms with Gasteiger partial charge in [0.1, 0.15) is 17.3 Å². The summed E-state index contributed by atoms with van der Waals surface area (Å²) in [5.41, 5.74) is 6.26. The highest BCUT2D eigenvalue weighted by Gasteiger charge is 2.53. The fraction of sp³-hybridized carbons (Fsp3) is 0.205. The van der Waals surface area contributed by atoms with Crippen molar-refractivity contribution in [2.45, 2.75) is 45.1 Å². The number of halogens is 1. The molecule has 45 heavy (non-hydrogen) atoms. The summed E-state index contributed by atoms with van der Waals surface area (Å²) < 4.78 is 26.8. The van der Waals surface area contributed by atoms with Crippen molar-refractivity contribution in [3.8, 4) is 11.5 Å². The zero-order valence-electron chi connectivity index (χ0n) is 25.5. The molecule has 1 N–H and O–H groups in total. The monoisotopic (exact) mass is 598 g/mol. The smallest absolute Gasteiger partial charge is 0.340 e. The molecular formula is C39H35FN2O3. The van der Waals surface area contributed by atoms with Gasteiger partial charge in [0.15, 0.2) is 5.60 Å². The minimum atomic E-state index is -1.19. The average Bonchev–Trinajstić information content (AvgIpc) is 3.35. The second-order valence-corrected chi connectivity index (χ2v) is 11.7. The molecule has 5 nitrogen and oxygen atoms in total. The largest absolute Gasteiger partial charge is 0.456 e. The summed E-state index contributed by atoms with van der Waals surface area (Å²) in [6.07, 6.45) is 4.62. The van der Waals surface area contributed by atoms with E-state index in [1.54, 1.807) is 12.1 Å². The first-order valence-electron chi connectivity index (χ1n) is 15.6. The maximum atomic E-state index is 13.6. The van der Waals surface area contributed by atoms with Gasteiger partial charge in [-0.3, -0.25) is 0 Å². The lowest BCUT2D eigenvalue weighted by Crippen LogP contribution is -2.33. The highest BCUT2D eigenvalue weighted by atomic mass is 19.1. The number of nitrogens with one attached hydrogen (secondary N) is 1. The first-order valence-corrected chi connectivity index (χ1v) is 15.6. The Hall–Kier alpha value is -5.10. The molecule has 1 spiro atoms. The number of carbonyl (C=O) groups is 1. The van der Waals surface area contributed by atoms with Crippen LogP contribution in [0.2, 0.25) is 0 Å². The fourth-order valence-corrected chi connectivity index (χ4v) is 6.51. The minimum Gasteiger partial charge on any atom is -0.456 e. The van der Waals surface area contributed by atoms with Crippen LogP contribution in [0.1, 0.15) is 65.2 Å². The molecule has 226 valence electrons. The summed E-state index contributed by atoms with van der Waals surface area (Å²) >= 11 is 0. The first-order chi connectivity index (χ1) is 22.0. The Morgan fingerprint density at radius 3 is 2.31 bits per heavy atom. The van der Waals surface area contributed by atoms with E-state index in [1.807, 2.05) is 55.5 Å². The zero-order chi connectivity index (χ0) is 31.0. The van der Waals surface area contributed by atoms with Crippen LogP contribution >= 0.6 is 0 Å². The summed E-state index contributed by atoms with van der Waals surface area (Å²) in [6, 6.07) is 34.4. The van der Waals surface area contributed by atoms with E-state index in [-0.39, 0.29) is 11.8 Å². The maximum absolute atomic E-state index is 13.6. The molecule has 1 unspecified atom stereocenters. The van der Waals surface area contributed by atoms with Crippen molar-refractivity contribution < 1.29 is 18.7 Å². The molecule has 6 heteroatoms. The van der Waals surface area contributed by atoms with Gasteiger partial charge in [0, 0.05) is 52.1 Å². The molecule has 0 amide bonds. The van der Waals surface area contributed by atoms with Crippen LogP contribution in [-0.2, 0) is 10.3 Å². The SMILES string of the molecule is CCCCCCN(c1ccccc1)c1ccc2c(c1)Oc1cc(C)c(Nc3ccc(F)cc3)cc1C21OC(=O)c2ccccc21. The second kappa shape index (κ2) is 11.8. The van der Waals surface area contributed by atoms with Gasteiger partial charge in [0.05, 0.1) is 5.56 Å². The normalized spacial score (nSPS) is 15.9. The third kappa shape index (κ3) is 5.10.